The fourth-order valence-electron chi connectivity index (χ4n) is 9.64. The molecular formula is C48H30BN3S2. The molecule has 0 N–H and O–H groups in total. The van der Waals surface area contributed by atoms with Gasteiger partial charge in [-0.25, -0.2) is 0 Å². The van der Waals surface area contributed by atoms with E-state index in [1.165, 1.54) is 74.9 Å². The van der Waals surface area contributed by atoms with Crippen molar-refractivity contribution in [2.24, 2.45) is 0 Å². The number of hydrogen-bond donors (Lipinski definition) is 0. The molecule has 6 aromatic carbocycles. The van der Waals surface area contributed by atoms with E-state index in [4.69, 9.17) is 9.97 Å². The lowest BCUT2D eigenvalue weighted by molar-refractivity contribution is 0.787. The summed E-state index contributed by atoms with van der Waals surface area (Å²) in [5.41, 5.74) is 18.1. The van der Waals surface area contributed by atoms with Gasteiger partial charge in [-0.2, -0.15) is 0 Å². The van der Waals surface area contributed by atoms with Crippen molar-refractivity contribution >= 4 is 63.7 Å². The predicted octanol–water partition coefficient (Wildman–Crippen LogP) is 10.0. The molecule has 6 heteroatoms. The van der Waals surface area contributed by atoms with E-state index >= 15 is 0 Å². The van der Waals surface area contributed by atoms with Crippen molar-refractivity contribution in [1.82, 2.24) is 9.97 Å². The van der Waals surface area contributed by atoms with Gasteiger partial charge in [0.25, 0.3) is 0 Å². The van der Waals surface area contributed by atoms with Crippen LogP contribution in [0.4, 0.5) is 17.1 Å². The molecule has 2 aliphatic heterocycles. The Balaban J connectivity index is 1.09. The van der Waals surface area contributed by atoms with Gasteiger partial charge in [0.15, 0.2) is 0 Å². The molecule has 2 aromatic heterocycles. The second kappa shape index (κ2) is 11.3. The molecule has 0 fully saturated rings. The van der Waals surface area contributed by atoms with Crippen molar-refractivity contribution in [3.8, 4) is 22.5 Å². The van der Waals surface area contributed by atoms with Crippen molar-refractivity contribution < 1.29 is 0 Å². The van der Waals surface area contributed by atoms with Crippen molar-refractivity contribution in [2.75, 3.05) is 4.90 Å². The molecule has 0 radical (unpaired) electrons. The van der Waals surface area contributed by atoms with E-state index in [2.05, 4.69) is 163 Å². The minimum absolute atomic E-state index is 0.125. The second-order valence-electron chi connectivity index (χ2n) is 14.6. The smallest absolute Gasteiger partial charge is 0.247 e. The highest BCUT2D eigenvalue weighted by molar-refractivity contribution is 8.01. The number of pyridine rings is 2. The van der Waals surface area contributed by atoms with Crippen LogP contribution >= 0.6 is 23.5 Å². The minimum atomic E-state index is -0.472. The standard InChI is InChI=1S/C48H30BN3S2/c1-29-24-43-45-44(25-29)54-42-28-38-34(33-16-8-9-17-35(33)48(38)36-18-10-22-50-46(36)47-37(48)19-11-23-51-47)27-40(42)49(45)39-21-20-32(26-41(39)53-43)52(30-12-4-2-5-13-30)31-14-6-3-7-15-31/h2-28H,1H3. The zero-order valence-corrected chi connectivity index (χ0v) is 31.0. The van der Waals surface area contributed by atoms with Gasteiger partial charge < -0.3 is 4.90 Å². The van der Waals surface area contributed by atoms with Crippen molar-refractivity contribution in [3.05, 3.63) is 192 Å². The van der Waals surface area contributed by atoms with E-state index in [1.54, 1.807) is 0 Å². The molecule has 0 bridgehead atoms. The van der Waals surface area contributed by atoms with Crippen LogP contribution < -0.4 is 21.3 Å². The van der Waals surface area contributed by atoms with Gasteiger partial charge in [-0.15, -0.1) is 0 Å². The molecule has 0 amide bonds. The molecular weight excluding hydrogens is 693 g/mol. The lowest BCUT2D eigenvalue weighted by Gasteiger charge is -2.35. The summed E-state index contributed by atoms with van der Waals surface area (Å²) >= 11 is 3.86. The van der Waals surface area contributed by atoms with Gasteiger partial charge in [-0.05, 0) is 118 Å². The van der Waals surface area contributed by atoms with Crippen molar-refractivity contribution in [1.29, 1.82) is 0 Å². The van der Waals surface area contributed by atoms with Crippen LogP contribution in [0.15, 0.2) is 184 Å². The number of rotatable bonds is 3. The molecule has 8 aromatic rings. The average molecular weight is 724 g/mol. The molecule has 252 valence electrons. The normalized spacial score (nSPS) is 14.4. The Labute approximate surface area is 323 Å². The second-order valence-corrected chi connectivity index (χ2v) is 16.7. The van der Waals surface area contributed by atoms with Gasteiger partial charge in [-0.3, -0.25) is 9.97 Å². The number of aryl methyl sites for hydroxylation is 1. The third-order valence-electron chi connectivity index (χ3n) is 11.7. The molecule has 0 atom stereocenters. The molecule has 0 saturated carbocycles. The summed E-state index contributed by atoms with van der Waals surface area (Å²) in [6.45, 7) is 2.36. The van der Waals surface area contributed by atoms with Crippen LogP contribution in [0.2, 0.25) is 0 Å². The van der Waals surface area contributed by atoms with E-state index in [0.29, 0.717) is 0 Å². The van der Waals surface area contributed by atoms with E-state index in [1.807, 2.05) is 35.9 Å². The zero-order chi connectivity index (χ0) is 35.5. The number of anilines is 3. The number of para-hydroxylation sites is 2. The highest BCUT2D eigenvalue weighted by Gasteiger charge is 2.53. The Morgan fingerprint density at radius 2 is 1.07 bits per heavy atom. The lowest BCUT2D eigenvalue weighted by atomic mass is 9.36. The summed E-state index contributed by atoms with van der Waals surface area (Å²) in [5, 5.41) is 0. The third kappa shape index (κ3) is 4.07. The minimum Gasteiger partial charge on any atom is -0.310 e. The molecule has 2 aliphatic carbocycles. The van der Waals surface area contributed by atoms with Crippen molar-refractivity contribution in [3.63, 3.8) is 0 Å². The zero-order valence-electron chi connectivity index (χ0n) is 29.3. The van der Waals surface area contributed by atoms with Gasteiger partial charge >= 0.3 is 0 Å². The molecule has 54 heavy (non-hydrogen) atoms. The Kier molecular flexibility index (Phi) is 6.43. The van der Waals surface area contributed by atoms with E-state index < -0.39 is 5.41 Å². The number of benzene rings is 6. The summed E-state index contributed by atoms with van der Waals surface area (Å²) < 4.78 is 0. The number of fused-ring (bicyclic) bond motifs is 14. The van der Waals surface area contributed by atoms with Crippen LogP contribution in [0, 0.1) is 6.92 Å². The van der Waals surface area contributed by atoms with Crippen LogP contribution in [0.5, 0.6) is 0 Å². The first kappa shape index (κ1) is 30.6. The highest BCUT2D eigenvalue weighted by Crippen LogP contribution is 2.62. The van der Waals surface area contributed by atoms with Crippen LogP contribution in [-0.4, -0.2) is 16.7 Å². The van der Waals surface area contributed by atoms with E-state index in [9.17, 15) is 0 Å². The van der Waals surface area contributed by atoms with Gasteiger partial charge in [0.1, 0.15) is 0 Å². The maximum atomic E-state index is 4.94. The van der Waals surface area contributed by atoms with Crippen LogP contribution in [0.25, 0.3) is 22.5 Å². The molecule has 4 heterocycles. The first-order valence-corrected chi connectivity index (χ1v) is 20.1. The fourth-order valence-corrected chi connectivity index (χ4v) is 12.3. The Bertz CT molecular complexity index is 2790. The largest absolute Gasteiger partial charge is 0.310 e. The quantitative estimate of drug-likeness (QED) is 0.169. The first-order chi connectivity index (χ1) is 26.7. The predicted molar refractivity (Wildman–Crippen MR) is 224 cm³/mol. The van der Waals surface area contributed by atoms with Gasteiger partial charge in [-0.1, -0.05) is 119 Å². The third-order valence-corrected chi connectivity index (χ3v) is 14.0. The summed E-state index contributed by atoms with van der Waals surface area (Å²) in [6.07, 6.45) is 3.81. The van der Waals surface area contributed by atoms with E-state index in [0.717, 1.165) is 28.5 Å². The Hall–Kier alpha value is -5.82. The monoisotopic (exact) mass is 723 g/mol. The topological polar surface area (TPSA) is 29.0 Å². The van der Waals surface area contributed by atoms with Crippen LogP contribution in [0.1, 0.15) is 27.8 Å². The maximum absolute atomic E-state index is 4.94. The molecule has 4 aliphatic rings. The molecule has 0 saturated heterocycles. The maximum Gasteiger partial charge on any atom is 0.247 e. The van der Waals surface area contributed by atoms with Gasteiger partial charge in [0, 0.05) is 49.0 Å². The molecule has 0 unspecified atom stereocenters. The number of nitrogens with zero attached hydrogens (tertiary/aromatic N) is 3. The summed E-state index contributed by atoms with van der Waals surface area (Å²) in [5.74, 6) is 0. The first-order valence-electron chi connectivity index (χ1n) is 18.4. The number of aromatic nitrogens is 2. The summed E-state index contributed by atoms with van der Waals surface area (Å²) in [7, 11) is 0. The Morgan fingerprint density at radius 1 is 0.481 bits per heavy atom. The molecule has 12 rings (SSSR count). The van der Waals surface area contributed by atoms with Crippen LogP contribution in [0.3, 0.4) is 0 Å². The van der Waals surface area contributed by atoms with E-state index in [-0.39, 0.29) is 6.71 Å². The fraction of sp³-hybridized carbons (Fsp3) is 0.0417. The van der Waals surface area contributed by atoms with Crippen LogP contribution in [-0.2, 0) is 5.41 Å². The lowest BCUT2D eigenvalue weighted by Crippen LogP contribution is -2.58. The van der Waals surface area contributed by atoms with Gasteiger partial charge in [0.2, 0.25) is 6.71 Å². The molecule has 3 nitrogen and oxygen atoms in total. The Morgan fingerprint density at radius 3 is 1.74 bits per heavy atom. The van der Waals surface area contributed by atoms with Crippen molar-refractivity contribution in [2.45, 2.75) is 31.9 Å². The van der Waals surface area contributed by atoms with Gasteiger partial charge in [0.05, 0.1) is 16.8 Å². The average Bonchev–Trinajstić information content (AvgIpc) is 3.67. The SMILES string of the molecule is Cc1cc2c3c(c1)Sc1cc4c(cc1B3c1ccc(N(c3ccccc3)c3ccccc3)cc1S2)-c1ccccc1C41c2cccnc2-c2ncccc21. The summed E-state index contributed by atoms with van der Waals surface area (Å²) in [6, 6.07) is 56.1. The highest BCUT2D eigenvalue weighted by atomic mass is 32.2. The molecule has 1 spiro atoms. The number of hydrogen-bond acceptors (Lipinski definition) is 5. The summed E-state index contributed by atoms with van der Waals surface area (Å²) in [4.78, 5) is 17.6.